The zero-order chi connectivity index (χ0) is 35.1. The first-order valence-electron chi connectivity index (χ1n) is 14.2. The van der Waals surface area contributed by atoms with E-state index in [1.54, 1.807) is 23.1 Å². The summed E-state index contributed by atoms with van der Waals surface area (Å²) in [7, 11) is -4.23. The van der Waals surface area contributed by atoms with Crippen LogP contribution in [0.4, 0.5) is 39.5 Å². The predicted octanol–water partition coefficient (Wildman–Crippen LogP) is 8.85. The second-order valence-electron chi connectivity index (χ2n) is 11.2. The van der Waals surface area contributed by atoms with Crippen molar-refractivity contribution in [3.63, 3.8) is 0 Å². The van der Waals surface area contributed by atoms with Gasteiger partial charge in [-0.05, 0) is 57.4 Å². The van der Waals surface area contributed by atoms with Crippen molar-refractivity contribution in [2.75, 3.05) is 13.1 Å². The van der Waals surface area contributed by atoms with Gasteiger partial charge in [0.2, 0.25) is 0 Å². The summed E-state index contributed by atoms with van der Waals surface area (Å²) < 4.78 is 161. The minimum Gasteiger partial charge on any atom is -0.349 e. The molecule has 1 aliphatic rings. The molecule has 0 aromatic heterocycles. The van der Waals surface area contributed by atoms with Crippen LogP contribution in [0.5, 0.6) is 0 Å². The van der Waals surface area contributed by atoms with Crippen LogP contribution in [0.2, 0.25) is 0 Å². The van der Waals surface area contributed by atoms with Crippen molar-refractivity contribution in [2.24, 2.45) is 0 Å². The average molecular weight is 767 g/mol. The van der Waals surface area contributed by atoms with E-state index in [0.29, 0.717) is 30.8 Å². The Kier molecular flexibility index (Phi) is 10.1. The first-order chi connectivity index (χ1) is 22.5. The zero-order valence-corrected chi connectivity index (χ0v) is 26.9. The highest BCUT2D eigenvalue weighted by Gasteiger charge is 2.73. The number of likely N-dealkylation sites (tertiary alicyclic amines) is 1. The quantitative estimate of drug-likeness (QED) is 0.126. The molecule has 0 saturated carbocycles. The lowest BCUT2D eigenvalue weighted by atomic mass is 9.88. The molecule has 0 radical (unpaired) electrons. The molecule has 1 fully saturated rings. The van der Waals surface area contributed by atoms with E-state index in [0.717, 1.165) is 42.0 Å². The van der Waals surface area contributed by atoms with Gasteiger partial charge >= 0.3 is 12.4 Å². The summed E-state index contributed by atoms with van der Waals surface area (Å²) in [5, 5.41) is -1.22. The molecule has 2 atom stereocenters. The van der Waals surface area contributed by atoms with Crippen LogP contribution in [0.3, 0.4) is 0 Å². The Morgan fingerprint density at radius 3 is 1.92 bits per heavy atom. The number of hydrogen-bond acceptors (Lipinski definition) is 4. The van der Waals surface area contributed by atoms with Crippen LogP contribution in [-0.4, -0.2) is 44.0 Å². The van der Waals surface area contributed by atoms with Gasteiger partial charge in [-0.25, -0.2) is 21.6 Å². The molecule has 15 heteroatoms. The fourth-order valence-electron chi connectivity index (χ4n) is 5.84. The van der Waals surface area contributed by atoms with E-state index in [1.165, 1.54) is 0 Å². The first-order valence-corrected chi connectivity index (χ1v) is 16.6. The molecule has 4 aromatic carbocycles. The van der Waals surface area contributed by atoms with E-state index in [-0.39, 0.29) is 28.0 Å². The summed E-state index contributed by atoms with van der Waals surface area (Å²) in [5.74, 6) is -4.44. The molecule has 1 heterocycles. The lowest BCUT2D eigenvalue weighted by Gasteiger charge is -2.37. The fourth-order valence-corrected chi connectivity index (χ4v) is 8.34. The Balaban J connectivity index is 1.54. The van der Waals surface area contributed by atoms with Crippen LogP contribution < -0.4 is 0 Å². The minimum atomic E-state index is -6.14. The highest BCUT2D eigenvalue weighted by atomic mass is 79.9. The fraction of sp³-hybridized carbons (Fsp3) is 0.273. The van der Waals surface area contributed by atoms with Gasteiger partial charge in [0, 0.05) is 36.7 Å². The zero-order valence-electron chi connectivity index (χ0n) is 24.5. The summed E-state index contributed by atoms with van der Waals surface area (Å²) in [6, 6.07) is 17.2. The Morgan fingerprint density at radius 2 is 1.35 bits per heavy atom. The lowest BCUT2D eigenvalue weighted by molar-refractivity contribution is -0.392. The monoisotopic (exact) mass is 765 g/mol. The number of halogens is 10. The normalized spacial score (nSPS) is 18.0. The third-order valence-electron chi connectivity index (χ3n) is 8.25. The maximum Gasteiger partial charge on any atom is 0.430 e. The first kappa shape index (κ1) is 35.9. The van der Waals surface area contributed by atoms with Crippen LogP contribution in [0.25, 0.3) is 0 Å². The van der Waals surface area contributed by atoms with E-state index in [1.807, 2.05) is 12.1 Å². The molecule has 0 aliphatic carbocycles. The van der Waals surface area contributed by atoms with Crippen molar-refractivity contribution in [3.8, 4) is 0 Å². The number of alkyl halides is 6. The molecule has 4 nitrogen and oxygen atoms in total. The lowest BCUT2D eigenvalue weighted by Crippen LogP contribution is -2.55. The van der Waals surface area contributed by atoms with Gasteiger partial charge in [-0.1, -0.05) is 60.7 Å². The molecule has 256 valence electrons. The molecule has 0 spiro atoms. The van der Waals surface area contributed by atoms with Crippen LogP contribution in [0.15, 0.2) is 100 Å². The summed E-state index contributed by atoms with van der Waals surface area (Å²) in [6.45, 7) is -1.40. The SMILES string of the molecule is O=S(=O)(c1ccc(F)c(Br)c1)[C@@H]1CN(Cc2ccccc2)C[C@H]1c1ccc(C(OCc2c(F)cccc2F)(C(F)(F)F)C(F)(F)F)cc1. The third kappa shape index (κ3) is 6.87. The maximum absolute atomic E-state index is 14.4. The number of ether oxygens (including phenoxy) is 1. The van der Waals surface area contributed by atoms with Crippen molar-refractivity contribution in [3.05, 3.63) is 135 Å². The molecule has 0 N–H and O–H groups in total. The van der Waals surface area contributed by atoms with E-state index >= 15 is 0 Å². The molecule has 0 bridgehead atoms. The second kappa shape index (κ2) is 13.5. The van der Waals surface area contributed by atoms with Gasteiger partial charge in [0.15, 0.2) is 9.84 Å². The van der Waals surface area contributed by atoms with Crippen molar-refractivity contribution in [2.45, 2.75) is 47.2 Å². The van der Waals surface area contributed by atoms with Crippen LogP contribution in [0.1, 0.15) is 28.2 Å². The van der Waals surface area contributed by atoms with Gasteiger partial charge in [-0.2, -0.15) is 26.3 Å². The van der Waals surface area contributed by atoms with Crippen molar-refractivity contribution >= 4 is 25.8 Å². The highest BCUT2D eigenvalue weighted by molar-refractivity contribution is 9.10. The topological polar surface area (TPSA) is 46.6 Å². The number of benzene rings is 4. The Labute approximate surface area is 278 Å². The van der Waals surface area contributed by atoms with Gasteiger partial charge in [0.05, 0.1) is 21.2 Å². The van der Waals surface area contributed by atoms with Gasteiger partial charge in [-0.3, -0.25) is 4.90 Å². The van der Waals surface area contributed by atoms with Crippen LogP contribution >= 0.6 is 15.9 Å². The minimum absolute atomic E-state index is 0.0506. The van der Waals surface area contributed by atoms with Gasteiger partial charge in [-0.15, -0.1) is 0 Å². The van der Waals surface area contributed by atoms with Crippen molar-refractivity contribution in [1.29, 1.82) is 0 Å². The molecule has 4 aromatic rings. The average Bonchev–Trinajstić information content (AvgIpc) is 3.44. The van der Waals surface area contributed by atoms with Crippen molar-refractivity contribution < 1.29 is 52.7 Å². The van der Waals surface area contributed by atoms with E-state index in [9.17, 15) is 47.9 Å². The third-order valence-corrected chi connectivity index (χ3v) is 11.0. The maximum atomic E-state index is 14.4. The van der Waals surface area contributed by atoms with Crippen LogP contribution in [-0.2, 0) is 33.3 Å². The molecule has 0 unspecified atom stereocenters. The van der Waals surface area contributed by atoms with Gasteiger partial charge < -0.3 is 4.74 Å². The largest absolute Gasteiger partial charge is 0.430 e. The molecule has 1 saturated heterocycles. The summed E-state index contributed by atoms with van der Waals surface area (Å²) in [5.41, 5.74) is -6.60. The number of sulfone groups is 1. The summed E-state index contributed by atoms with van der Waals surface area (Å²) >= 11 is 2.97. The molecule has 1 aliphatic heterocycles. The summed E-state index contributed by atoms with van der Waals surface area (Å²) in [4.78, 5) is 1.56. The van der Waals surface area contributed by atoms with Crippen LogP contribution in [0, 0.1) is 17.5 Å². The summed E-state index contributed by atoms with van der Waals surface area (Å²) in [6.07, 6.45) is -12.3. The Bertz CT molecular complexity index is 1830. The standard InChI is InChI=1S/C33H25BrF9NO3S/c34-26-15-23(13-14-29(26)37)48(45,46)30-18-44(16-20-5-2-1-3-6-20)17-24(30)21-9-11-22(12-10-21)31(32(38,39)40,33(41,42)43)47-19-25-27(35)7-4-8-28(25)36/h1-15,24,30H,16-19H2/t24-,30+/m0/s1. The van der Waals surface area contributed by atoms with Gasteiger partial charge in [0.1, 0.15) is 17.5 Å². The molecular weight excluding hydrogens is 741 g/mol. The Hall–Kier alpha value is -3.40. The van der Waals surface area contributed by atoms with E-state index < -0.39 is 74.1 Å². The highest BCUT2D eigenvalue weighted by Crippen LogP contribution is 2.53. The smallest absolute Gasteiger partial charge is 0.349 e. The number of nitrogens with zero attached hydrogens (tertiary/aromatic N) is 1. The van der Waals surface area contributed by atoms with Crippen molar-refractivity contribution in [1.82, 2.24) is 4.90 Å². The molecular formula is C33H25BrF9NO3S. The number of rotatable bonds is 9. The van der Waals surface area contributed by atoms with E-state index in [2.05, 4.69) is 20.7 Å². The van der Waals surface area contributed by atoms with Gasteiger partial charge in [0.25, 0.3) is 5.60 Å². The predicted molar refractivity (Wildman–Crippen MR) is 161 cm³/mol. The number of hydrogen-bond donors (Lipinski definition) is 0. The second-order valence-corrected chi connectivity index (χ2v) is 14.3. The molecule has 48 heavy (non-hydrogen) atoms. The molecule has 5 rings (SSSR count). The van der Waals surface area contributed by atoms with E-state index in [4.69, 9.17) is 0 Å². The Morgan fingerprint density at radius 1 is 0.750 bits per heavy atom. The molecule has 0 amide bonds.